The molecule has 3 heteroatoms. The SMILES string of the molecule is O=C(c1sccc1Cl)C1(c2ccccc2)CCCC1. The number of halogens is 1. The number of hydrogen-bond donors (Lipinski definition) is 0. The van der Waals surface area contributed by atoms with Crippen LogP contribution in [0.3, 0.4) is 0 Å². The van der Waals surface area contributed by atoms with E-state index in [1.165, 1.54) is 11.3 Å². The van der Waals surface area contributed by atoms with Crippen molar-refractivity contribution in [2.45, 2.75) is 31.1 Å². The molecule has 0 N–H and O–H groups in total. The highest BCUT2D eigenvalue weighted by molar-refractivity contribution is 7.12. The van der Waals surface area contributed by atoms with Gasteiger partial charge in [-0.15, -0.1) is 11.3 Å². The van der Waals surface area contributed by atoms with Gasteiger partial charge in [-0.1, -0.05) is 54.8 Å². The lowest BCUT2D eigenvalue weighted by Gasteiger charge is -2.27. The maximum atomic E-state index is 13.0. The molecule has 0 spiro atoms. The number of carbonyl (C=O) groups excluding carboxylic acids is 1. The number of rotatable bonds is 3. The van der Waals surface area contributed by atoms with Crippen molar-refractivity contribution in [3.05, 3.63) is 57.2 Å². The average Bonchev–Trinajstić information content (AvgIpc) is 3.08. The third-order valence-electron chi connectivity index (χ3n) is 4.04. The van der Waals surface area contributed by atoms with E-state index in [1.54, 1.807) is 0 Å². The van der Waals surface area contributed by atoms with Crippen molar-refractivity contribution < 1.29 is 4.79 Å². The van der Waals surface area contributed by atoms with Crippen molar-refractivity contribution in [3.63, 3.8) is 0 Å². The molecule has 0 bridgehead atoms. The molecular weight excluding hydrogens is 276 g/mol. The summed E-state index contributed by atoms with van der Waals surface area (Å²) in [6.45, 7) is 0. The van der Waals surface area contributed by atoms with Crippen molar-refractivity contribution in [2.75, 3.05) is 0 Å². The summed E-state index contributed by atoms with van der Waals surface area (Å²) in [4.78, 5) is 13.7. The number of Topliss-reactive ketones (excluding diaryl/α,β-unsaturated/α-hetero) is 1. The quantitative estimate of drug-likeness (QED) is 0.719. The number of hydrogen-bond acceptors (Lipinski definition) is 2. The molecule has 0 atom stereocenters. The molecule has 1 aromatic heterocycles. The normalized spacial score (nSPS) is 17.5. The van der Waals surface area contributed by atoms with Gasteiger partial charge in [0.05, 0.1) is 15.3 Å². The molecule has 0 amide bonds. The second kappa shape index (κ2) is 5.10. The fourth-order valence-electron chi connectivity index (χ4n) is 3.06. The Balaban J connectivity index is 2.07. The topological polar surface area (TPSA) is 17.1 Å². The zero-order valence-corrected chi connectivity index (χ0v) is 12.1. The zero-order chi connectivity index (χ0) is 13.3. The molecule has 2 aromatic rings. The Bertz CT molecular complexity index is 582. The number of thiophene rings is 1. The molecule has 19 heavy (non-hydrogen) atoms. The third-order valence-corrected chi connectivity index (χ3v) is 5.38. The van der Waals surface area contributed by atoms with Gasteiger partial charge in [-0.3, -0.25) is 4.79 Å². The number of benzene rings is 1. The van der Waals surface area contributed by atoms with Gasteiger partial charge in [0, 0.05) is 0 Å². The minimum atomic E-state index is -0.351. The van der Waals surface area contributed by atoms with Crippen LogP contribution in [0.2, 0.25) is 5.02 Å². The van der Waals surface area contributed by atoms with Crippen LogP contribution in [0.15, 0.2) is 41.8 Å². The fourth-order valence-corrected chi connectivity index (χ4v) is 4.24. The lowest BCUT2D eigenvalue weighted by molar-refractivity contribution is 0.0890. The second-order valence-electron chi connectivity index (χ2n) is 5.08. The summed E-state index contributed by atoms with van der Waals surface area (Å²) in [6.07, 6.45) is 4.10. The summed E-state index contributed by atoms with van der Waals surface area (Å²) in [5, 5.41) is 2.49. The summed E-state index contributed by atoms with van der Waals surface area (Å²) in [5.74, 6) is 0.205. The van der Waals surface area contributed by atoms with Crippen LogP contribution in [0.4, 0.5) is 0 Å². The molecule has 1 saturated carbocycles. The standard InChI is InChI=1S/C16H15ClOS/c17-13-8-11-19-14(13)15(18)16(9-4-5-10-16)12-6-2-1-3-7-12/h1-3,6-8,11H,4-5,9-10H2. The average molecular weight is 291 g/mol. The van der Waals surface area contributed by atoms with Gasteiger partial charge in [0.25, 0.3) is 0 Å². The van der Waals surface area contributed by atoms with E-state index < -0.39 is 0 Å². The van der Waals surface area contributed by atoms with Gasteiger partial charge in [-0.05, 0) is 29.9 Å². The Morgan fingerprint density at radius 1 is 1.11 bits per heavy atom. The smallest absolute Gasteiger partial charge is 0.184 e. The molecule has 0 aliphatic heterocycles. The van der Waals surface area contributed by atoms with E-state index in [1.807, 2.05) is 29.6 Å². The first-order chi connectivity index (χ1) is 9.24. The van der Waals surface area contributed by atoms with Crippen LogP contribution in [0.1, 0.15) is 40.9 Å². The Morgan fingerprint density at radius 2 is 1.79 bits per heavy atom. The Hall–Kier alpha value is -1.12. The van der Waals surface area contributed by atoms with E-state index in [2.05, 4.69) is 12.1 Å². The van der Waals surface area contributed by atoms with Gasteiger partial charge in [0.2, 0.25) is 0 Å². The summed E-state index contributed by atoms with van der Waals surface area (Å²) >= 11 is 7.61. The molecule has 3 rings (SSSR count). The fraction of sp³-hybridized carbons (Fsp3) is 0.312. The third kappa shape index (κ3) is 2.13. The molecule has 1 aromatic carbocycles. The van der Waals surface area contributed by atoms with Crippen molar-refractivity contribution in [1.82, 2.24) is 0 Å². The molecule has 0 saturated heterocycles. The largest absolute Gasteiger partial charge is 0.292 e. The van der Waals surface area contributed by atoms with Crippen LogP contribution in [0.25, 0.3) is 0 Å². The van der Waals surface area contributed by atoms with Crippen molar-refractivity contribution in [3.8, 4) is 0 Å². The first kappa shape index (κ1) is 12.9. The first-order valence-corrected chi connectivity index (χ1v) is 7.83. The van der Waals surface area contributed by atoms with Gasteiger partial charge in [0.1, 0.15) is 0 Å². The molecule has 1 nitrogen and oxygen atoms in total. The van der Waals surface area contributed by atoms with E-state index >= 15 is 0 Å². The Labute approximate surface area is 122 Å². The maximum absolute atomic E-state index is 13.0. The van der Waals surface area contributed by atoms with Crippen LogP contribution >= 0.6 is 22.9 Å². The lowest BCUT2D eigenvalue weighted by Crippen LogP contribution is -2.32. The summed E-state index contributed by atoms with van der Waals surface area (Å²) in [6, 6.07) is 12.0. The zero-order valence-electron chi connectivity index (χ0n) is 10.6. The van der Waals surface area contributed by atoms with Crippen LogP contribution in [-0.4, -0.2) is 5.78 Å². The highest BCUT2D eigenvalue weighted by atomic mass is 35.5. The van der Waals surface area contributed by atoms with Crippen LogP contribution in [0.5, 0.6) is 0 Å². The molecular formula is C16H15ClOS. The molecule has 1 fully saturated rings. The highest BCUT2D eigenvalue weighted by Gasteiger charge is 2.43. The molecule has 0 radical (unpaired) electrons. The lowest BCUT2D eigenvalue weighted by atomic mass is 9.75. The van der Waals surface area contributed by atoms with Crippen molar-refractivity contribution in [2.24, 2.45) is 0 Å². The van der Waals surface area contributed by atoms with Crippen molar-refractivity contribution in [1.29, 1.82) is 0 Å². The highest BCUT2D eigenvalue weighted by Crippen LogP contribution is 2.45. The van der Waals surface area contributed by atoms with E-state index in [0.717, 1.165) is 31.2 Å². The van der Waals surface area contributed by atoms with Crippen LogP contribution < -0.4 is 0 Å². The molecule has 1 aliphatic carbocycles. The Morgan fingerprint density at radius 3 is 2.37 bits per heavy atom. The summed E-state index contributed by atoms with van der Waals surface area (Å²) in [5.41, 5.74) is 0.789. The maximum Gasteiger partial charge on any atom is 0.184 e. The minimum Gasteiger partial charge on any atom is -0.292 e. The molecule has 98 valence electrons. The van der Waals surface area contributed by atoms with Gasteiger partial charge in [-0.2, -0.15) is 0 Å². The van der Waals surface area contributed by atoms with E-state index in [9.17, 15) is 4.79 Å². The predicted molar refractivity (Wildman–Crippen MR) is 80.2 cm³/mol. The predicted octanol–water partition coefficient (Wildman–Crippen LogP) is 5.10. The summed E-state index contributed by atoms with van der Waals surface area (Å²) in [7, 11) is 0. The van der Waals surface area contributed by atoms with E-state index in [0.29, 0.717) is 9.90 Å². The first-order valence-electron chi connectivity index (χ1n) is 6.57. The number of carbonyl (C=O) groups is 1. The van der Waals surface area contributed by atoms with Gasteiger partial charge in [-0.25, -0.2) is 0 Å². The van der Waals surface area contributed by atoms with E-state index in [-0.39, 0.29) is 11.2 Å². The minimum absolute atomic E-state index is 0.205. The van der Waals surface area contributed by atoms with Crippen LogP contribution in [-0.2, 0) is 5.41 Å². The van der Waals surface area contributed by atoms with Crippen LogP contribution in [0, 0.1) is 0 Å². The molecule has 1 aliphatic rings. The Kier molecular flexibility index (Phi) is 3.46. The second-order valence-corrected chi connectivity index (χ2v) is 6.41. The number of ketones is 1. The monoisotopic (exact) mass is 290 g/mol. The van der Waals surface area contributed by atoms with Gasteiger partial charge < -0.3 is 0 Å². The van der Waals surface area contributed by atoms with Crippen molar-refractivity contribution >= 4 is 28.7 Å². The molecule has 0 unspecified atom stereocenters. The molecule has 1 heterocycles. The van der Waals surface area contributed by atoms with E-state index in [4.69, 9.17) is 11.6 Å². The van der Waals surface area contributed by atoms with Gasteiger partial charge in [0.15, 0.2) is 5.78 Å². The summed E-state index contributed by atoms with van der Waals surface area (Å²) < 4.78 is 0. The van der Waals surface area contributed by atoms with Gasteiger partial charge >= 0.3 is 0 Å².